The molecule has 3 heteroatoms. The van der Waals surface area contributed by atoms with Gasteiger partial charge in [-0.15, -0.1) is 0 Å². The number of halogens is 1. The Morgan fingerprint density at radius 1 is 1.53 bits per heavy atom. The number of carbonyl (C=O) groups is 1. The molecule has 1 N–H and O–H groups in total. The maximum absolute atomic E-state index is 11.2. The third kappa shape index (κ3) is 3.06. The van der Waals surface area contributed by atoms with Crippen LogP contribution >= 0.6 is 15.9 Å². The van der Waals surface area contributed by atoms with Crippen molar-refractivity contribution in [2.24, 2.45) is 5.92 Å². The van der Waals surface area contributed by atoms with Crippen molar-refractivity contribution < 1.29 is 9.90 Å². The van der Waals surface area contributed by atoms with E-state index in [1.807, 2.05) is 38.1 Å². The number of carboxylic acids is 1. The molecule has 0 saturated carbocycles. The summed E-state index contributed by atoms with van der Waals surface area (Å²) in [5.74, 6) is -1.01. The molecule has 1 aromatic rings. The number of aliphatic carboxylic acids is 1. The first-order valence-corrected chi connectivity index (χ1v) is 5.83. The van der Waals surface area contributed by atoms with Crippen LogP contribution in [0.2, 0.25) is 0 Å². The van der Waals surface area contributed by atoms with Crippen molar-refractivity contribution in [1.29, 1.82) is 0 Å². The molecule has 0 heterocycles. The normalized spacial score (nSPS) is 14.6. The van der Waals surface area contributed by atoms with E-state index in [1.165, 1.54) is 0 Å². The highest BCUT2D eigenvalue weighted by Crippen LogP contribution is 2.28. The molecule has 0 radical (unpaired) electrons. The summed E-state index contributed by atoms with van der Waals surface area (Å²) in [6.07, 6.45) is 0.865. The van der Waals surface area contributed by atoms with Gasteiger partial charge in [-0.2, -0.15) is 0 Å². The lowest BCUT2D eigenvalue weighted by molar-refractivity contribution is -0.140. The second-order valence-corrected chi connectivity index (χ2v) is 4.67. The van der Waals surface area contributed by atoms with E-state index in [0.29, 0.717) is 0 Å². The Kier molecular flexibility index (Phi) is 4.33. The lowest BCUT2D eigenvalue weighted by Crippen LogP contribution is -2.19. The molecule has 1 aromatic carbocycles. The number of benzene rings is 1. The van der Waals surface area contributed by atoms with Crippen LogP contribution in [0.4, 0.5) is 0 Å². The Labute approximate surface area is 98.4 Å². The van der Waals surface area contributed by atoms with Gasteiger partial charge in [0.05, 0.1) is 5.92 Å². The molecule has 0 aromatic heterocycles. The smallest absolute Gasteiger partial charge is 0.311 e. The Morgan fingerprint density at radius 3 is 2.67 bits per heavy atom. The van der Waals surface area contributed by atoms with Crippen molar-refractivity contribution in [2.75, 3.05) is 0 Å². The Hall–Kier alpha value is -0.830. The van der Waals surface area contributed by atoms with Crippen LogP contribution < -0.4 is 0 Å². The lowest BCUT2D eigenvalue weighted by Gasteiger charge is -2.19. The minimum atomic E-state index is -0.748. The molecule has 82 valence electrons. The molecule has 1 rings (SSSR count). The van der Waals surface area contributed by atoms with Crippen LogP contribution in [0.5, 0.6) is 0 Å². The number of carboxylic acid groups (broad SMARTS) is 1. The van der Waals surface area contributed by atoms with Gasteiger partial charge in [-0.3, -0.25) is 4.79 Å². The number of hydrogen-bond acceptors (Lipinski definition) is 1. The summed E-state index contributed by atoms with van der Waals surface area (Å²) in [6, 6.07) is 7.53. The fraction of sp³-hybridized carbons (Fsp3) is 0.417. The van der Waals surface area contributed by atoms with E-state index in [9.17, 15) is 9.90 Å². The fourth-order valence-electron chi connectivity index (χ4n) is 1.65. The zero-order valence-corrected chi connectivity index (χ0v) is 10.5. The Balaban J connectivity index is 3.04. The minimum Gasteiger partial charge on any atom is -0.481 e. The topological polar surface area (TPSA) is 37.3 Å². The highest BCUT2D eigenvalue weighted by molar-refractivity contribution is 9.10. The van der Waals surface area contributed by atoms with Crippen molar-refractivity contribution >= 4 is 21.9 Å². The molecule has 2 nitrogen and oxygen atoms in total. The molecular formula is C12H15BrO2. The van der Waals surface area contributed by atoms with E-state index in [2.05, 4.69) is 15.9 Å². The van der Waals surface area contributed by atoms with E-state index in [0.717, 1.165) is 16.5 Å². The van der Waals surface area contributed by atoms with Crippen molar-refractivity contribution in [3.05, 3.63) is 34.3 Å². The van der Waals surface area contributed by atoms with Gasteiger partial charge in [0.25, 0.3) is 0 Å². The first-order valence-electron chi connectivity index (χ1n) is 5.04. The first kappa shape index (κ1) is 12.2. The summed E-state index contributed by atoms with van der Waals surface area (Å²) in [5.41, 5.74) is 0.867. The highest BCUT2D eigenvalue weighted by atomic mass is 79.9. The summed E-state index contributed by atoms with van der Waals surface area (Å²) in [6.45, 7) is 3.98. The molecule has 0 aliphatic carbocycles. The van der Waals surface area contributed by atoms with E-state index >= 15 is 0 Å². The Bertz CT molecular complexity index is 349. The van der Waals surface area contributed by atoms with Crippen LogP contribution in [0.1, 0.15) is 31.7 Å². The second-order valence-electron chi connectivity index (χ2n) is 3.76. The van der Waals surface area contributed by atoms with E-state index in [1.54, 1.807) is 0 Å². The molecule has 0 aliphatic heterocycles. The fourth-order valence-corrected chi connectivity index (χ4v) is 2.07. The zero-order chi connectivity index (χ0) is 11.4. The van der Waals surface area contributed by atoms with Gasteiger partial charge < -0.3 is 5.11 Å². The summed E-state index contributed by atoms with van der Waals surface area (Å²) in [4.78, 5) is 11.2. The number of rotatable bonds is 4. The number of hydrogen-bond donors (Lipinski definition) is 1. The van der Waals surface area contributed by atoms with Crippen molar-refractivity contribution in [3.63, 3.8) is 0 Å². The van der Waals surface area contributed by atoms with Crippen LogP contribution in [0, 0.1) is 5.92 Å². The molecule has 0 bridgehead atoms. The Morgan fingerprint density at radius 2 is 2.20 bits per heavy atom. The molecule has 2 unspecified atom stereocenters. The zero-order valence-electron chi connectivity index (χ0n) is 8.90. The van der Waals surface area contributed by atoms with Crippen LogP contribution in [-0.4, -0.2) is 11.1 Å². The van der Waals surface area contributed by atoms with Crippen molar-refractivity contribution in [3.8, 4) is 0 Å². The quantitative estimate of drug-likeness (QED) is 0.907. The van der Waals surface area contributed by atoms with Gasteiger partial charge in [-0.05, 0) is 23.6 Å². The van der Waals surface area contributed by atoms with Crippen LogP contribution in [0.3, 0.4) is 0 Å². The third-order valence-corrected chi connectivity index (χ3v) is 3.18. The van der Waals surface area contributed by atoms with Gasteiger partial charge in [0.2, 0.25) is 0 Å². The summed E-state index contributed by atoms with van der Waals surface area (Å²) in [5, 5.41) is 9.20. The van der Waals surface area contributed by atoms with Crippen LogP contribution in [0.15, 0.2) is 28.7 Å². The predicted molar refractivity (Wildman–Crippen MR) is 64.0 cm³/mol. The molecular weight excluding hydrogens is 256 g/mol. The van der Waals surface area contributed by atoms with Crippen LogP contribution in [0.25, 0.3) is 0 Å². The molecule has 0 saturated heterocycles. The summed E-state index contributed by atoms with van der Waals surface area (Å²) >= 11 is 3.36. The molecule has 2 atom stereocenters. The third-order valence-electron chi connectivity index (χ3n) is 2.69. The van der Waals surface area contributed by atoms with E-state index in [4.69, 9.17) is 0 Å². The van der Waals surface area contributed by atoms with E-state index in [-0.39, 0.29) is 5.92 Å². The molecule has 0 fully saturated rings. The lowest BCUT2D eigenvalue weighted by atomic mass is 9.86. The minimum absolute atomic E-state index is 0.150. The predicted octanol–water partition coefficient (Wildman–Crippen LogP) is 3.66. The maximum Gasteiger partial charge on any atom is 0.311 e. The van der Waals surface area contributed by atoms with Crippen molar-refractivity contribution in [2.45, 2.75) is 26.2 Å². The maximum atomic E-state index is 11.2. The summed E-state index contributed by atoms with van der Waals surface area (Å²) in [7, 11) is 0. The monoisotopic (exact) mass is 270 g/mol. The van der Waals surface area contributed by atoms with Gasteiger partial charge in [-0.1, -0.05) is 48.3 Å². The van der Waals surface area contributed by atoms with Crippen LogP contribution in [-0.2, 0) is 4.79 Å². The highest BCUT2D eigenvalue weighted by Gasteiger charge is 2.25. The average Bonchev–Trinajstić information content (AvgIpc) is 2.17. The largest absolute Gasteiger partial charge is 0.481 e. The van der Waals surface area contributed by atoms with Gasteiger partial charge in [-0.25, -0.2) is 0 Å². The molecule has 0 amide bonds. The standard InChI is InChI=1S/C12H15BrO2/c1-3-8(2)11(12(14)15)9-5-4-6-10(13)7-9/h4-8,11H,3H2,1-2H3,(H,14,15). The first-order chi connectivity index (χ1) is 7.06. The summed E-state index contributed by atoms with van der Waals surface area (Å²) < 4.78 is 0.926. The molecule has 0 aliphatic rings. The van der Waals surface area contributed by atoms with Gasteiger partial charge in [0.1, 0.15) is 0 Å². The van der Waals surface area contributed by atoms with Crippen molar-refractivity contribution in [1.82, 2.24) is 0 Å². The SMILES string of the molecule is CCC(C)C(C(=O)O)c1cccc(Br)c1. The van der Waals surface area contributed by atoms with Gasteiger partial charge >= 0.3 is 5.97 Å². The molecule has 15 heavy (non-hydrogen) atoms. The van der Waals surface area contributed by atoms with Gasteiger partial charge in [0.15, 0.2) is 0 Å². The van der Waals surface area contributed by atoms with Gasteiger partial charge in [0, 0.05) is 4.47 Å². The average molecular weight is 271 g/mol. The van der Waals surface area contributed by atoms with E-state index < -0.39 is 11.9 Å². The second kappa shape index (κ2) is 5.31. The molecule has 0 spiro atoms.